The quantitative estimate of drug-likeness (QED) is 0.752. The van der Waals surface area contributed by atoms with Gasteiger partial charge in [-0.3, -0.25) is 0 Å². The van der Waals surface area contributed by atoms with Gasteiger partial charge in [0.15, 0.2) is 0 Å². The zero-order valence-electron chi connectivity index (χ0n) is 10.8. The topological polar surface area (TPSA) is 62.4 Å². The average molecular weight is 275 g/mol. The second kappa shape index (κ2) is 6.53. The average Bonchev–Trinajstić information content (AvgIpc) is 2.42. The van der Waals surface area contributed by atoms with Crippen LogP contribution in [-0.4, -0.2) is 13.1 Å². The molecule has 20 heavy (non-hydrogen) atoms. The van der Waals surface area contributed by atoms with Crippen molar-refractivity contribution in [2.24, 2.45) is 0 Å². The van der Waals surface area contributed by atoms with Crippen molar-refractivity contribution in [2.45, 2.75) is 0 Å². The maximum Gasteiger partial charge on any atom is 0.323 e. The van der Waals surface area contributed by atoms with Gasteiger partial charge in [-0.05, 0) is 36.4 Å². The highest BCUT2D eigenvalue weighted by Gasteiger charge is 2.04. The van der Waals surface area contributed by atoms with Gasteiger partial charge in [-0.1, -0.05) is 6.07 Å². The first-order valence-corrected chi connectivity index (χ1v) is 5.94. The van der Waals surface area contributed by atoms with Crippen LogP contribution in [0.1, 0.15) is 0 Å². The molecule has 2 rings (SSSR count). The van der Waals surface area contributed by atoms with E-state index in [1.165, 1.54) is 24.3 Å². The summed E-state index contributed by atoms with van der Waals surface area (Å²) in [6.07, 6.45) is 0. The number of urea groups is 1. The van der Waals surface area contributed by atoms with E-state index >= 15 is 0 Å². The number of hydrogen-bond donors (Lipinski definition) is 3. The molecule has 0 aliphatic rings. The lowest BCUT2D eigenvalue weighted by atomic mass is 10.3. The Balaban J connectivity index is 1.97. The van der Waals surface area contributed by atoms with Crippen LogP contribution >= 0.6 is 0 Å². The Morgan fingerprint density at radius 3 is 2.45 bits per heavy atom. The standard InChI is InChI=1S/C14H14FN3O2/c1-16-20-13-4-2-3-12(9-13)18-14(19)17-11-7-5-10(15)6-8-11/h2-9,16H,1H3,(H2,17,18,19). The van der Waals surface area contributed by atoms with Gasteiger partial charge in [0.1, 0.15) is 11.6 Å². The van der Waals surface area contributed by atoms with Gasteiger partial charge in [0.25, 0.3) is 0 Å². The van der Waals surface area contributed by atoms with E-state index in [0.717, 1.165) is 0 Å². The third-order valence-electron chi connectivity index (χ3n) is 2.41. The Hall–Kier alpha value is -2.60. The molecule has 0 saturated heterocycles. The van der Waals surface area contributed by atoms with Crippen LogP contribution in [0.4, 0.5) is 20.6 Å². The van der Waals surface area contributed by atoms with Crippen molar-refractivity contribution in [3.63, 3.8) is 0 Å². The Bertz CT molecular complexity index is 587. The van der Waals surface area contributed by atoms with E-state index < -0.39 is 6.03 Å². The first-order chi connectivity index (χ1) is 9.67. The molecule has 0 aliphatic heterocycles. The normalized spacial score (nSPS) is 9.90. The van der Waals surface area contributed by atoms with Crippen LogP contribution in [0.5, 0.6) is 5.75 Å². The molecule has 0 fully saturated rings. The molecule has 0 aromatic heterocycles. The van der Waals surface area contributed by atoms with Gasteiger partial charge in [-0.25, -0.2) is 9.18 Å². The molecule has 0 aliphatic carbocycles. The number of carbonyl (C=O) groups is 1. The smallest absolute Gasteiger partial charge is 0.323 e. The molecule has 6 heteroatoms. The van der Waals surface area contributed by atoms with E-state index in [1.54, 1.807) is 31.3 Å². The van der Waals surface area contributed by atoms with Crippen molar-refractivity contribution >= 4 is 17.4 Å². The van der Waals surface area contributed by atoms with Crippen LogP contribution < -0.4 is 21.0 Å². The minimum Gasteiger partial charge on any atom is -0.409 e. The summed E-state index contributed by atoms with van der Waals surface area (Å²) in [5, 5.41) is 5.25. The molecule has 0 bridgehead atoms. The summed E-state index contributed by atoms with van der Waals surface area (Å²) in [5.41, 5.74) is 3.63. The molecular weight excluding hydrogens is 261 g/mol. The van der Waals surface area contributed by atoms with Crippen LogP contribution in [0.2, 0.25) is 0 Å². The molecule has 0 heterocycles. The fraction of sp³-hybridized carbons (Fsp3) is 0.0714. The predicted molar refractivity (Wildman–Crippen MR) is 75.2 cm³/mol. The summed E-state index contributed by atoms with van der Waals surface area (Å²) in [6.45, 7) is 0. The van der Waals surface area contributed by atoms with E-state index in [2.05, 4.69) is 16.1 Å². The molecule has 0 radical (unpaired) electrons. The van der Waals surface area contributed by atoms with E-state index in [0.29, 0.717) is 17.1 Å². The second-order valence-corrected chi connectivity index (χ2v) is 3.92. The molecule has 5 nitrogen and oxygen atoms in total. The fourth-order valence-corrected chi connectivity index (χ4v) is 1.58. The van der Waals surface area contributed by atoms with E-state index in [-0.39, 0.29) is 5.82 Å². The minimum atomic E-state index is -0.418. The summed E-state index contributed by atoms with van der Waals surface area (Å²) in [6, 6.07) is 12.0. The molecule has 2 amide bonds. The van der Waals surface area contributed by atoms with E-state index in [1.807, 2.05) is 0 Å². The van der Waals surface area contributed by atoms with Crippen molar-refractivity contribution in [1.82, 2.24) is 5.48 Å². The summed E-state index contributed by atoms with van der Waals surface area (Å²) >= 11 is 0. The van der Waals surface area contributed by atoms with Crippen molar-refractivity contribution in [3.8, 4) is 5.75 Å². The van der Waals surface area contributed by atoms with Gasteiger partial charge in [-0.2, -0.15) is 5.48 Å². The third-order valence-corrected chi connectivity index (χ3v) is 2.41. The van der Waals surface area contributed by atoms with E-state index in [4.69, 9.17) is 4.84 Å². The largest absolute Gasteiger partial charge is 0.409 e. The van der Waals surface area contributed by atoms with Gasteiger partial charge in [0, 0.05) is 24.5 Å². The van der Waals surface area contributed by atoms with Gasteiger partial charge in [0.2, 0.25) is 0 Å². The fourth-order valence-electron chi connectivity index (χ4n) is 1.58. The predicted octanol–water partition coefficient (Wildman–Crippen LogP) is 2.98. The lowest BCUT2D eigenvalue weighted by Crippen LogP contribution is -2.19. The number of carbonyl (C=O) groups excluding carboxylic acids is 1. The zero-order chi connectivity index (χ0) is 14.4. The first-order valence-electron chi connectivity index (χ1n) is 5.94. The van der Waals surface area contributed by atoms with Crippen molar-refractivity contribution in [1.29, 1.82) is 0 Å². The van der Waals surface area contributed by atoms with Crippen LogP contribution in [0.3, 0.4) is 0 Å². The molecule has 0 spiro atoms. The molecule has 0 unspecified atom stereocenters. The maximum absolute atomic E-state index is 12.7. The maximum atomic E-state index is 12.7. The minimum absolute atomic E-state index is 0.354. The summed E-state index contributed by atoms with van der Waals surface area (Å²) < 4.78 is 12.7. The number of hydrogen-bond acceptors (Lipinski definition) is 3. The Kier molecular flexibility index (Phi) is 4.52. The lowest BCUT2D eigenvalue weighted by molar-refractivity contribution is 0.224. The van der Waals surface area contributed by atoms with Crippen LogP contribution in [-0.2, 0) is 0 Å². The molecule has 2 aromatic rings. The molecule has 0 atom stereocenters. The van der Waals surface area contributed by atoms with Gasteiger partial charge >= 0.3 is 6.03 Å². The summed E-state index contributed by atoms with van der Waals surface area (Å²) in [7, 11) is 1.64. The molecule has 104 valence electrons. The number of hydroxylamine groups is 1. The number of halogens is 1. The summed E-state index contributed by atoms with van der Waals surface area (Å²) in [4.78, 5) is 16.9. The Morgan fingerprint density at radius 2 is 1.75 bits per heavy atom. The monoisotopic (exact) mass is 275 g/mol. The molecule has 0 saturated carbocycles. The number of anilines is 2. The molecule has 3 N–H and O–H groups in total. The summed E-state index contributed by atoms with van der Waals surface area (Å²) in [5.74, 6) is 0.222. The second-order valence-electron chi connectivity index (χ2n) is 3.92. The van der Waals surface area contributed by atoms with E-state index in [9.17, 15) is 9.18 Å². The van der Waals surface area contributed by atoms with Crippen LogP contribution in [0, 0.1) is 5.82 Å². The highest BCUT2D eigenvalue weighted by molar-refractivity contribution is 5.99. The number of nitrogens with one attached hydrogen (secondary N) is 3. The lowest BCUT2D eigenvalue weighted by Gasteiger charge is -2.09. The first kappa shape index (κ1) is 13.8. The number of benzene rings is 2. The van der Waals surface area contributed by atoms with Gasteiger partial charge in [0.05, 0.1) is 0 Å². The van der Waals surface area contributed by atoms with Crippen molar-refractivity contribution in [3.05, 3.63) is 54.3 Å². The SMILES string of the molecule is CNOc1cccc(NC(=O)Nc2ccc(F)cc2)c1. The van der Waals surface area contributed by atoms with Gasteiger partial charge in [-0.15, -0.1) is 0 Å². The van der Waals surface area contributed by atoms with Crippen molar-refractivity contribution < 1.29 is 14.0 Å². The van der Waals surface area contributed by atoms with Crippen LogP contribution in [0.15, 0.2) is 48.5 Å². The Labute approximate surface area is 115 Å². The highest BCUT2D eigenvalue weighted by Crippen LogP contribution is 2.17. The molecular formula is C14H14FN3O2. The number of rotatable bonds is 4. The zero-order valence-corrected chi connectivity index (χ0v) is 10.8. The third kappa shape index (κ3) is 3.96. The molecule has 2 aromatic carbocycles. The van der Waals surface area contributed by atoms with Gasteiger partial charge < -0.3 is 15.5 Å². The Morgan fingerprint density at radius 1 is 1.05 bits per heavy atom. The number of amides is 2. The van der Waals surface area contributed by atoms with Crippen LogP contribution in [0.25, 0.3) is 0 Å². The highest BCUT2D eigenvalue weighted by atomic mass is 19.1. The van der Waals surface area contributed by atoms with Crippen molar-refractivity contribution in [2.75, 3.05) is 17.7 Å².